The summed E-state index contributed by atoms with van der Waals surface area (Å²) >= 11 is 0. The number of hydrogen-bond donors (Lipinski definition) is 3. The highest BCUT2D eigenvalue weighted by atomic mass is 16.5. The van der Waals surface area contributed by atoms with Crippen molar-refractivity contribution < 1.29 is 28.9 Å². The van der Waals surface area contributed by atoms with Gasteiger partial charge < -0.3 is 19.3 Å². The standard InChI is InChI=1S/C13H16N4O6/c1-21-10-5-8(6-14-16-12(19)22-2)4-9(11(10)18)7-15-17-13(20)23-3/h4-7,18H,1-3H3,(H,16,19)(H,17,20)/b14-6+,15-7-. The minimum atomic E-state index is -0.757. The molecule has 0 radical (unpaired) electrons. The van der Waals surface area contributed by atoms with Gasteiger partial charge in [-0.1, -0.05) is 0 Å². The topological polar surface area (TPSA) is 131 Å². The Kier molecular flexibility index (Phi) is 6.85. The molecule has 0 bridgehead atoms. The average molecular weight is 324 g/mol. The van der Waals surface area contributed by atoms with Crippen LogP contribution >= 0.6 is 0 Å². The quantitative estimate of drug-likeness (QED) is 0.542. The highest BCUT2D eigenvalue weighted by Crippen LogP contribution is 2.29. The summed E-state index contributed by atoms with van der Waals surface area (Å²) in [5.41, 5.74) is 4.94. The van der Waals surface area contributed by atoms with Gasteiger partial charge in [0.1, 0.15) is 0 Å². The van der Waals surface area contributed by atoms with Gasteiger partial charge in [0.25, 0.3) is 0 Å². The molecule has 0 atom stereocenters. The lowest BCUT2D eigenvalue weighted by molar-refractivity contribution is 0.170. The molecule has 0 heterocycles. The summed E-state index contributed by atoms with van der Waals surface area (Å²) in [5, 5.41) is 17.3. The van der Waals surface area contributed by atoms with Gasteiger partial charge in [-0.25, -0.2) is 20.4 Å². The molecule has 0 aliphatic carbocycles. The number of benzene rings is 1. The molecule has 0 unspecified atom stereocenters. The van der Waals surface area contributed by atoms with Crippen molar-refractivity contribution in [1.82, 2.24) is 10.9 Å². The van der Waals surface area contributed by atoms with Crippen LogP contribution in [-0.4, -0.2) is 51.1 Å². The van der Waals surface area contributed by atoms with Crippen molar-refractivity contribution in [3.05, 3.63) is 23.3 Å². The Labute approximate surface area is 131 Å². The molecule has 0 aliphatic heterocycles. The number of aromatic hydroxyl groups is 1. The van der Waals surface area contributed by atoms with Gasteiger partial charge in [0.15, 0.2) is 11.5 Å². The van der Waals surface area contributed by atoms with Crippen LogP contribution < -0.4 is 15.6 Å². The zero-order chi connectivity index (χ0) is 17.2. The normalized spacial score (nSPS) is 10.6. The molecule has 1 aromatic carbocycles. The summed E-state index contributed by atoms with van der Waals surface area (Å²) < 4.78 is 13.7. The maximum atomic E-state index is 10.9. The van der Waals surface area contributed by atoms with E-state index in [-0.39, 0.29) is 17.1 Å². The van der Waals surface area contributed by atoms with Crippen LogP contribution in [0.1, 0.15) is 11.1 Å². The molecule has 0 fully saturated rings. The molecular weight excluding hydrogens is 308 g/mol. The summed E-state index contributed by atoms with van der Waals surface area (Å²) in [6, 6.07) is 2.99. The van der Waals surface area contributed by atoms with Crippen molar-refractivity contribution in [3.63, 3.8) is 0 Å². The first kappa shape index (κ1) is 17.8. The van der Waals surface area contributed by atoms with Crippen LogP contribution in [0.4, 0.5) is 9.59 Å². The molecule has 0 saturated carbocycles. The first-order chi connectivity index (χ1) is 11.0. The van der Waals surface area contributed by atoms with Crippen molar-refractivity contribution in [2.24, 2.45) is 10.2 Å². The maximum Gasteiger partial charge on any atom is 0.427 e. The number of rotatable bonds is 5. The number of carbonyl (C=O) groups excluding carboxylic acids is 2. The van der Waals surface area contributed by atoms with Crippen LogP contribution in [0, 0.1) is 0 Å². The number of amides is 2. The number of methoxy groups -OCH3 is 3. The first-order valence-corrected chi connectivity index (χ1v) is 6.16. The number of carbonyl (C=O) groups is 2. The Balaban J connectivity index is 2.98. The fourth-order valence-electron chi connectivity index (χ4n) is 1.39. The first-order valence-electron chi connectivity index (χ1n) is 6.16. The largest absolute Gasteiger partial charge is 0.504 e. The van der Waals surface area contributed by atoms with E-state index in [1.54, 1.807) is 0 Å². The number of phenolic OH excluding ortho intramolecular Hbond substituents is 1. The van der Waals surface area contributed by atoms with Crippen molar-refractivity contribution in [2.45, 2.75) is 0 Å². The lowest BCUT2D eigenvalue weighted by Gasteiger charge is -2.07. The number of phenols is 1. The number of hydrazone groups is 2. The highest BCUT2D eigenvalue weighted by Gasteiger charge is 2.09. The second-order valence-electron chi connectivity index (χ2n) is 3.88. The average Bonchev–Trinajstić information content (AvgIpc) is 2.56. The van der Waals surface area contributed by atoms with Crippen molar-refractivity contribution in [1.29, 1.82) is 0 Å². The Morgan fingerprint density at radius 1 is 1.04 bits per heavy atom. The third-order valence-corrected chi connectivity index (χ3v) is 2.45. The Bertz CT molecular complexity index is 629. The predicted molar refractivity (Wildman–Crippen MR) is 80.9 cm³/mol. The molecule has 1 rings (SSSR count). The van der Waals surface area contributed by atoms with Crippen LogP contribution in [0.3, 0.4) is 0 Å². The number of nitrogens with one attached hydrogen (secondary N) is 2. The number of nitrogens with zero attached hydrogens (tertiary/aromatic N) is 2. The van der Waals surface area contributed by atoms with Crippen LogP contribution in [-0.2, 0) is 9.47 Å². The molecule has 1 aromatic rings. The van der Waals surface area contributed by atoms with Gasteiger partial charge in [-0.15, -0.1) is 0 Å². The molecule has 10 heteroatoms. The van der Waals surface area contributed by atoms with Crippen LogP contribution in [0.5, 0.6) is 11.5 Å². The van der Waals surface area contributed by atoms with Gasteiger partial charge >= 0.3 is 12.2 Å². The Morgan fingerprint density at radius 2 is 1.61 bits per heavy atom. The second-order valence-corrected chi connectivity index (χ2v) is 3.88. The molecular formula is C13H16N4O6. The molecule has 23 heavy (non-hydrogen) atoms. The van der Waals surface area contributed by atoms with Crippen molar-refractivity contribution in [2.75, 3.05) is 21.3 Å². The maximum absolute atomic E-state index is 10.9. The van der Waals surface area contributed by atoms with E-state index in [0.29, 0.717) is 5.56 Å². The molecule has 124 valence electrons. The Morgan fingerprint density at radius 3 is 2.13 bits per heavy atom. The van der Waals surface area contributed by atoms with Crippen molar-refractivity contribution in [3.8, 4) is 11.5 Å². The molecule has 0 aromatic heterocycles. The fraction of sp³-hybridized carbons (Fsp3) is 0.231. The summed E-state index contributed by atoms with van der Waals surface area (Å²) in [4.78, 5) is 21.8. The van der Waals surface area contributed by atoms with E-state index < -0.39 is 12.2 Å². The number of hydrogen-bond acceptors (Lipinski definition) is 8. The van der Waals surface area contributed by atoms with Crippen LogP contribution in [0.15, 0.2) is 22.3 Å². The summed E-state index contributed by atoms with van der Waals surface area (Å²) in [5.74, 6) is -0.0208. The fourth-order valence-corrected chi connectivity index (χ4v) is 1.39. The zero-order valence-corrected chi connectivity index (χ0v) is 12.7. The van der Waals surface area contributed by atoms with E-state index in [4.69, 9.17) is 4.74 Å². The third-order valence-electron chi connectivity index (χ3n) is 2.45. The van der Waals surface area contributed by atoms with E-state index in [2.05, 4.69) is 30.5 Å². The van der Waals surface area contributed by atoms with Gasteiger partial charge in [-0.05, 0) is 17.7 Å². The molecule has 0 spiro atoms. The third kappa shape index (κ3) is 5.53. The minimum absolute atomic E-state index is 0.159. The monoisotopic (exact) mass is 324 g/mol. The van der Waals surface area contributed by atoms with E-state index in [0.717, 1.165) is 0 Å². The Hall–Kier alpha value is -3.30. The molecule has 0 saturated heterocycles. The smallest absolute Gasteiger partial charge is 0.427 e. The number of ether oxygens (including phenoxy) is 3. The molecule has 3 N–H and O–H groups in total. The molecule has 0 aliphatic rings. The highest BCUT2D eigenvalue weighted by molar-refractivity contribution is 5.91. The summed E-state index contributed by atoms with van der Waals surface area (Å²) in [6.45, 7) is 0. The zero-order valence-electron chi connectivity index (χ0n) is 12.7. The SMILES string of the molecule is COC(=O)N/N=C\c1cc(/C=N/NC(=O)OC)cc(OC)c1O. The summed E-state index contributed by atoms with van der Waals surface area (Å²) in [7, 11) is 3.77. The van der Waals surface area contributed by atoms with E-state index >= 15 is 0 Å². The lowest BCUT2D eigenvalue weighted by atomic mass is 10.1. The minimum Gasteiger partial charge on any atom is -0.504 e. The molecule has 2 amide bonds. The van der Waals surface area contributed by atoms with E-state index in [9.17, 15) is 14.7 Å². The van der Waals surface area contributed by atoms with Crippen molar-refractivity contribution >= 4 is 24.6 Å². The van der Waals surface area contributed by atoms with E-state index in [1.807, 2.05) is 0 Å². The van der Waals surface area contributed by atoms with E-state index in [1.165, 1.54) is 45.9 Å². The van der Waals surface area contributed by atoms with Crippen LogP contribution in [0.2, 0.25) is 0 Å². The summed E-state index contributed by atoms with van der Waals surface area (Å²) in [6.07, 6.45) is 1.02. The van der Waals surface area contributed by atoms with Gasteiger partial charge in [0.2, 0.25) is 0 Å². The van der Waals surface area contributed by atoms with Gasteiger partial charge in [-0.3, -0.25) is 0 Å². The van der Waals surface area contributed by atoms with Gasteiger partial charge in [0.05, 0.1) is 33.8 Å². The van der Waals surface area contributed by atoms with Gasteiger partial charge in [-0.2, -0.15) is 10.2 Å². The van der Waals surface area contributed by atoms with Crippen LogP contribution in [0.25, 0.3) is 0 Å². The second kappa shape index (κ2) is 8.87. The predicted octanol–water partition coefficient (Wildman–Crippen LogP) is 0.781. The lowest BCUT2D eigenvalue weighted by Crippen LogP contribution is -2.17. The molecule has 10 nitrogen and oxygen atoms in total. The van der Waals surface area contributed by atoms with Gasteiger partial charge in [0, 0.05) is 5.56 Å².